The predicted molar refractivity (Wildman–Crippen MR) is 81.1 cm³/mol. The lowest BCUT2D eigenvalue weighted by molar-refractivity contribution is 0.785. The molecule has 0 radical (unpaired) electrons. The smallest absolute Gasteiger partial charge is 0.0232 e. The van der Waals surface area contributed by atoms with Gasteiger partial charge in [-0.2, -0.15) is 0 Å². The second-order valence-corrected chi connectivity index (χ2v) is 5.50. The van der Waals surface area contributed by atoms with Gasteiger partial charge in [-0.05, 0) is 30.0 Å². The molecule has 0 atom stereocenters. The van der Waals surface area contributed by atoms with Gasteiger partial charge in [0, 0.05) is 10.6 Å². The molecule has 0 amide bonds. The summed E-state index contributed by atoms with van der Waals surface area (Å²) in [7, 11) is 0. The molecule has 2 rings (SSSR count). The van der Waals surface area contributed by atoms with Gasteiger partial charge in [-0.25, -0.2) is 0 Å². The molecule has 0 fully saturated rings. The Hall–Kier alpha value is -1.21. The minimum absolute atomic E-state index is 1.06. The predicted octanol–water partition coefficient (Wildman–Crippen LogP) is 5.32. The molecule has 0 aliphatic carbocycles. The van der Waals surface area contributed by atoms with Crippen molar-refractivity contribution in [2.45, 2.75) is 36.8 Å². The van der Waals surface area contributed by atoms with Crippen LogP contribution in [0.1, 0.15) is 30.9 Å². The highest BCUT2D eigenvalue weighted by atomic mass is 32.2. The van der Waals surface area contributed by atoms with Gasteiger partial charge in [-0.1, -0.05) is 61.9 Å². The lowest BCUT2D eigenvalue weighted by atomic mass is 10.1. The summed E-state index contributed by atoms with van der Waals surface area (Å²) in [5.41, 5.74) is 2.90. The second kappa shape index (κ2) is 7.27. The zero-order chi connectivity index (χ0) is 12.6. The van der Waals surface area contributed by atoms with E-state index in [0.29, 0.717) is 0 Å². The van der Waals surface area contributed by atoms with Crippen molar-refractivity contribution >= 4 is 11.8 Å². The molecule has 0 aromatic heterocycles. The van der Waals surface area contributed by atoms with Crippen molar-refractivity contribution in [3.05, 3.63) is 65.7 Å². The second-order valence-electron chi connectivity index (χ2n) is 4.49. The summed E-state index contributed by atoms with van der Waals surface area (Å²) in [6.07, 6.45) is 3.75. The van der Waals surface area contributed by atoms with Crippen LogP contribution in [0.15, 0.2) is 59.5 Å². The normalized spacial score (nSPS) is 10.5. The van der Waals surface area contributed by atoms with Crippen molar-refractivity contribution < 1.29 is 0 Å². The van der Waals surface area contributed by atoms with Crippen molar-refractivity contribution in [3.8, 4) is 0 Å². The fourth-order valence-corrected chi connectivity index (χ4v) is 3.00. The number of hydrogen-bond acceptors (Lipinski definition) is 1. The first-order chi connectivity index (χ1) is 8.90. The summed E-state index contributed by atoms with van der Waals surface area (Å²) < 4.78 is 0. The number of thioether (sulfide) groups is 1. The average Bonchev–Trinajstić information content (AvgIpc) is 2.45. The molecule has 0 nitrogen and oxygen atoms in total. The molecule has 0 heterocycles. The van der Waals surface area contributed by atoms with Gasteiger partial charge in [0.1, 0.15) is 0 Å². The molecule has 0 saturated heterocycles. The molecule has 1 heteroatoms. The Balaban J connectivity index is 2.00. The van der Waals surface area contributed by atoms with Gasteiger partial charge in [-0.3, -0.25) is 0 Å². The van der Waals surface area contributed by atoms with Crippen LogP contribution in [0.4, 0.5) is 0 Å². The van der Waals surface area contributed by atoms with E-state index in [4.69, 9.17) is 0 Å². The Morgan fingerprint density at radius 3 is 2.39 bits per heavy atom. The molecule has 0 saturated carbocycles. The van der Waals surface area contributed by atoms with Crippen LogP contribution in [-0.4, -0.2) is 0 Å². The highest BCUT2D eigenvalue weighted by Gasteiger charge is 2.02. The number of rotatable bonds is 6. The Morgan fingerprint density at radius 1 is 0.889 bits per heavy atom. The van der Waals surface area contributed by atoms with Crippen LogP contribution < -0.4 is 0 Å². The molecule has 0 unspecified atom stereocenters. The van der Waals surface area contributed by atoms with E-state index in [2.05, 4.69) is 61.5 Å². The molecule has 94 valence electrons. The van der Waals surface area contributed by atoms with E-state index in [0.717, 1.165) is 5.75 Å². The maximum atomic E-state index is 2.27. The monoisotopic (exact) mass is 256 g/mol. The van der Waals surface area contributed by atoms with Crippen LogP contribution in [0, 0.1) is 0 Å². The van der Waals surface area contributed by atoms with Crippen LogP contribution in [-0.2, 0) is 12.2 Å². The van der Waals surface area contributed by atoms with Crippen LogP contribution in [0.5, 0.6) is 0 Å². The van der Waals surface area contributed by atoms with Crippen LogP contribution in [0.25, 0.3) is 0 Å². The van der Waals surface area contributed by atoms with Gasteiger partial charge in [0.05, 0.1) is 0 Å². The van der Waals surface area contributed by atoms with Gasteiger partial charge < -0.3 is 0 Å². The first kappa shape index (κ1) is 13.2. The molecule has 0 aliphatic rings. The number of hydrogen-bond donors (Lipinski definition) is 0. The molecular weight excluding hydrogens is 236 g/mol. The molecule has 0 spiro atoms. The largest absolute Gasteiger partial charge is 0.121 e. The summed E-state index contributed by atoms with van der Waals surface area (Å²) in [5, 5.41) is 0. The van der Waals surface area contributed by atoms with Crippen molar-refractivity contribution in [2.24, 2.45) is 0 Å². The lowest BCUT2D eigenvalue weighted by Crippen LogP contribution is -1.89. The first-order valence-electron chi connectivity index (χ1n) is 6.65. The maximum Gasteiger partial charge on any atom is 0.0232 e. The average molecular weight is 256 g/mol. The Kier molecular flexibility index (Phi) is 5.35. The molecular formula is C17H20S. The summed E-state index contributed by atoms with van der Waals surface area (Å²) >= 11 is 1.95. The van der Waals surface area contributed by atoms with Crippen molar-refractivity contribution in [3.63, 3.8) is 0 Å². The molecule has 2 aromatic rings. The SMILES string of the molecule is CCCCc1ccccc1SCc1ccccc1. The lowest BCUT2D eigenvalue weighted by Gasteiger charge is -2.08. The topological polar surface area (TPSA) is 0 Å². The number of aryl methyl sites for hydroxylation is 1. The summed E-state index contributed by atoms with van der Waals surface area (Å²) in [6, 6.07) is 19.5. The van der Waals surface area contributed by atoms with Crippen LogP contribution in [0.3, 0.4) is 0 Å². The zero-order valence-electron chi connectivity index (χ0n) is 10.9. The third kappa shape index (κ3) is 3.92. The highest BCUT2D eigenvalue weighted by Crippen LogP contribution is 2.27. The molecule has 2 aromatic carbocycles. The molecule has 0 aliphatic heterocycles. The fraction of sp³-hybridized carbons (Fsp3) is 0.294. The number of benzene rings is 2. The van der Waals surface area contributed by atoms with Crippen LogP contribution in [0.2, 0.25) is 0 Å². The molecule has 0 N–H and O–H groups in total. The van der Waals surface area contributed by atoms with Gasteiger partial charge in [0.2, 0.25) is 0 Å². The van der Waals surface area contributed by atoms with Crippen molar-refractivity contribution in [1.29, 1.82) is 0 Å². The van der Waals surface area contributed by atoms with E-state index in [1.807, 2.05) is 11.8 Å². The minimum atomic E-state index is 1.06. The fourth-order valence-electron chi connectivity index (χ4n) is 1.95. The number of unbranched alkanes of at least 4 members (excludes halogenated alkanes) is 1. The maximum absolute atomic E-state index is 2.27. The quantitative estimate of drug-likeness (QED) is 0.630. The summed E-state index contributed by atoms with van der Waals surface area (Å²) in [6.45, 7) is 2.25. The summed E-state index contributed by atoms with van der Waals surface area (Å²) in [4.78, 5) is 1.44. The van der Waals surface area contributed by atoms with E-state index in [1.165, 1.54) is 35.3 Å². The van der Waals surface area contributed by atoms with E-state index >= 15 is 0 Å². The van der Waals surface area contributed by atoms with E-state index < -0.39 is 0 Å². The van der Waals surface area contributed by atoms with Gasteiger partial charge in [0.25, 0.3) is 0 Å². The Morgan fingerprint density at radius 2 is 1.61 bits per heavy atom. The van der Waals surface area contributed by atoms with Gasteiger partial charge in [-0.15, -0.1) is 11.8 Å². The minimum Gasteiger partial charge on any atom is -0.121 e. The third-order valence-electron chi connectivity index (χ3n) is 3.01. The standard InChI is InChI=1S/C17H20S/c1-2-3-11-16-12-7-8-13-17(16)18-14-15-9-5-4-6-10-15/h4-10,12-13H,2-3,11,14H2,1H3. The third-order valence-corrected chi connectivity index (χ3v) is 4.20. The van der Waals surface area contributed by atoms with E-state index in [1.54, 1.807) is 0 Å². The Bertz CT molecular complexity index is 462. The Labute approximate surface area is 114 Å². The van der Waals surface area contributed by atoms with E-state index in [9.17, 15) is 0 Å². The van der Waals surface area contributed by atoms with E-state index in [-0.39, 0.29) is 0 Å². The zero-order valence-corrected chi connectivity index (χ0v) is 11.7. The highest BCUT2D eigenvalue weighted by molar-refractivity contribution is 7.98. The first-order valence-corrected chi connectivity index (χ1v) is 7.63. The van der Waals surface area contributed by atoms with Crippen molar-refractivity contribution in [2.75, 3.05) is 0 Å². The summed E-state index contributed by atoms with van der Waals surface area (Å²) in [5.74, 6) is 1.06. The van der Waals surface area contributed by atoms with Crippen LogP contribution >= 0.6 is 11.8 Å². The van der Waals surface area contributed by atoms with Gasteiger partial charge >= 0.3 is 0 Å². The molecule has 18 heavy (non-hydrogen) atoms. The van der Waals surface area contributed by atoms with Gasteiger partial charge in [0.15, 0.2) is 0 Å². The van der Waals surface area contributed by atoms with Crippen molar-refractivity contribution in [1.82, 2.24) is 0 Å². The molecule has 0 bridgehead atoms.